The molecule has 0 saturated heterocycles. The van der Waals surface area contributed by atoms with Crippen LogP contribution in [-0.2, 0) is 0 Å². The van der Waals surface area contributed by atoms with Crippen molar-refractivity contribution in [3.63, 3.8) is 0 Å². The van der Waals surface area contributed by atoms with Crippen LogP contribution in [0.25, 0.3) is 0 Å². The maximum absolute atomic E-state index is 9.20. The van der Waals surface area contributed by atoms with Gasteiger partial charge in [0.15, 0.2) is 0 Å². The summed E-state index contributed by atoms with van der Waals surface area (Å²) < 4.78 is 5.71. The zero-order valence-electron chi connectivity index (χ0n) is 14.1. The second-order valence-corrected chi connectivity index (χ2v) is 6.53. The van der Waals surface area contributed by atoms with E-state index in [4.69, 9.17) is 4.74 Å². The van der Waals surface area contributed by atoms with E-state index in [-0.39, 0.29) is 18.2 Å². The Balaban J connectivity index is 2.64. The highest BCUT2D eigenvalue weighted by atomic mass is 16.5. The molecule has 2 N–H and O–H groups in total. The van der Waals surface area contributed by atoms with Crippen molar-refractivity contribution < 1.29 is 9.84 Å². The van der Waals surface area contributed by atoms with Crippen molar-refractivity contribution in [1.29, 1.82) is 0 Å². The van der Waals surface area contributed by atoms with Crippen LogP contribution in [0.15, 0.2) is 24.3 Å². The van der Waals surface area contributed by atoms with Crippen molar-refractivity contribution >= 4 is 0 Å². The minimum absolute atomic E-state index is 0.0268. The number of rotatable bonds is 9. The van der Waals surface area contributed by atoms with Crippen molar-refractivity contribution in [3.05, 3.63) is 29.8 Å². The molecular formula is C18H31NO2. The lowest BCUT2D eigenvalue weighted by atomic mass is 9.92. The Morgan fingerprint density at radius 1 is 1.19 bits per heavy atom. The summed E-state index contributed by atoms with van der Waals surface area (Å²) in [6.07, 6.45) is 1.76. The molecule has 120 valence electrons. The van der Waals surface area contributed by atoms with Gasteiger partial charge in [-0.2, -0.15) is 0 Å². The summed E-state index contributed by atoms with van der Waals surface area (Å²) in [6.45, 7) is 11.7. The van der Waals surface area contributed by atoms with Gasteiger partial charge in [0.1, 0.15) is 5.75 Å². The fourth-order valence-corrected chi connectivity index (χ4v) is 2.32. The third kappa shape index (κ3) is 6.06. The number of aliphatic hydroxyl groups is 1. The van der Waals surface area contributed by atoms with Crippen molar-refractivity contribution in [2.24, 2.45) is 5.92 Å². The van der Waals surface area contributed by atoms with Crippen molar-refractivity contribution in [2.45, 2.75) is 59.0 Å². The average molecular weight is 293 g/mol. The molecule has 0 amide bonds. The quantitative estimate of drug-likeness (QED) is 0.725. The monoisotopic (exact) mass is 293 g/mol. The lowest BCUT2D eigenvalue weighted by Gasteiger charge is -2.33. The van der Waals surface area contributed by atoms with E-state index in [1.54, 1.807) is 0 Å². The van der Waals surface area contributed by atoms with Gasteiger partial charge in [0.05, 0.1) is 6.61 Å². The maximum atomic E-state index is 9.20. The minimum Gasteiger partial charge on any atom is -0.493 e. The second-order valence-electron chi connectivity index (χ2n) is 6.53. The number of nitrogens with one attached hydrogen (secondary N) is 1. The molecular weight excluding hydrogens is 262 g/mol. The summed E-state index contributed by atoms with van der Waals surface area (Å²) in [5.41, 5.74) is 1.21. The van der Waals surface area contributed by atoms with Gasteiger partial charge in [0.2, 0.25) is 0 Å². The molecule has 21 heavy (non-hydrogen) atoms. The topological polar surface area (TPSA) is 41.5 Å². The lowest BCUT2D eigenvalue weighted by molar-refractivity contribution is 0.205. The molecule has 0 saturated carbocycles. The maximum Gasteiger partial charge on any atom is 0.119 e. The van der Waals surface area contributed by atoms with Crippen LogP contribution < -0.4 is 10.1 Å². The first-order valence-electron chi connectivity index (χ1n) is 8.01. The van der Waals surface area contributed by atoms with Crippen LogP contribution in [0.2, 0.25) is 0 Å². The van der Waals surface area contributed by atoms with Crippen LogP contribution in [-0.4, -0.2) is 23.9 Å². The molecule has 3 heteroatoms. The molecule has 1 aromatic rings. The van der Waals surface area contributed by atoms with Crippen LogP contribution in [0.1, 0.15) is 59.1 Å². The van der Waals surface area contributed by atoms with E-state index in [9.17, 15) is 5.11 Å². The normalized spacial score (nSPS) is 15.8. The van der Waals surface area contributed by atoms with Gasteiger partial charge >= 0.3 is 0 Å². The fourth-order valence-electron chi connectivity index (χ4n) is 2.32. The molecule has 0 bridgehead atoms. The summed E-state index contributed by atoms with van der Waals surface area (Å²) >= 11 is 0. The molecule has 0 spiro atoms. The van der Waals surface area contributed by atoms with E-state index in [1.165, 1.54) is 5.56 Å². The Morgan fingerprint density at radius 2 is 1.81 bits per heavy atom. The van der Waals surface area contributed by atoms with Crippen molar-refractivity contribution in [2.75, 3.05) is 13.2 Å². The molecule has 0 aliphatic rings. The number of hydrogen-bond donors (Lipinski definition) is 2. The third-order valence-electron chi connectivity index (χ3n) is 3.97. The third-order valence-corrected chi connectivity index (χ3v) is 3.97. The van der Waals surface area contributed by atoms with E-state index >= 15 is 0 Å². The summed E-state index contributed by atoms with van der Waals surface area (Å²) in [7, 11) is 0. The van der Waals surface area contributed by atoms with E-state index in [0.29, 0.717) is 5.92 Å². The largest absolute Gasteiger partial charge is 0.493 e. The van der Waals surface area contributed by atoms with Crippen molar-refractivity contribution in [3.8, 4) is 5.75 Å². The van der Waals surface area contributed by atoms with Gasteiger partial charge in [-0.05, 0) is 50.3 Å². The highest BCUT2D eigenvalue weighted by Gasteiger charge is 2.23. The second kappa shape index (κ2) is 8.40. The summed E-state index contributed by atoms with van der Waals surface area (Å²) in [6, 6.07) is 8.54. The van der Waals surface area contributed by atoms with Crippen LogP contribution in [0.3, 0.4) is 0 Å². The number of benzene rings is 1. The molecule has 2 atom stereocenters. The first kappa shape index (κ1) is 18.0. The first-order chi connectivity index (χ1) is 9.90. The molecule has 0 radical (unpaired) electrons. The lowest BCUT2D eigenvalue weighted by Crippen LogP contribution is -2.43. The van der Waals surface area contributed by atoms with Gasteiger partial charge in [-0.15, -0.1) is 0 Å². The van der Waals surface area contributed by atoms with E-state index in [0.717, 1.165) is 25.2 Å². The highest BCUT2D eigenvalue weighted by Crippen LogP contribution is 2.23. The molecule has 0 aliphatic carbocycles. The smallest absolute Gasteiger partial charge is 0.119 e. The van der Waals surface area contributed by atoms with Crippen molar-refractivity contribution in [1.82, 2.24) is 5.32 Å². The molecule has 0 fully saturated rings. The molecule has 0 aliphatic heterocycles. The molecule has 2 unspecified atom stereocenters. The van der Waals surface area contributed by atoms with Crippen LogP contribution in [0, 0.1) is 5.92 Å². The Labute approximate surface area is 129 Å². The predicted octanol–water partition coefficient (Wildman–Crippen LogP) is 3.92. The van der Waals surface area contributed by atoms with Gasteiger partial charge in [-0.3, -0.25) is 0 Å². The molecule has 0 aromatic heterocycles. The number of aliphatic hydroxyl groups excluding tert-OH is 1. The minimum atomic E-state index is -0.0268. The Bertz CT molecular complexity index is 402. The summed E-state index contributed by atoms with van der Waals surface area (Å²) in [5, 5.41) is 12.8. The SMILES string of the molecule is CCC(C)(CCO)NC(C)c1ccc(OCC(C)C)cc1. The van der Waals surface area contributed by atoms with Crippen LogP contribution in [0.4, 0.5) is 0 Å². The molecule has 0 heterocycles. The molecule has 3 nitrogen and oxygen atoms in total. The zero-order valence-corrected chi connectivity index (χ0v) is 14.1. The highest BCUT2D eigenvalue weighted by molar-refractivity contribution is 5.29. The van der Waals surface area contributed by atoms with Gasteiger partial charge in [0.25, 0.3) is 0 Å². The number of ether oxygens (including phenoxy) is 1. The Morgan fingerprint density at radius 3 is 2.29 bits per heavy atom. The summed E-state index contributed by atoms with van der Waals surface area (Å²) in [5.74, 6) is 1.46. The zero-order chi connectivity index (χ0) is 15.9. The first-order valence-corrected chi connectivity index (χ1v) is 8.01. The predicted molar refractivity (Wildman–Crippen MR) is 88.7 cm³/mol. The average Bonchev–Trinajstić information content (AvgIpc) is 2.45. The number of hydrogen-bond acceptors (Lipinski definition) is 3. The van der Waals surface area contributed by atoms with Gasteiger partial charge in [0, 0.05) is 18.2 Å². The van der Waals surface area contributed by atoms with Gasteiger partial charge in [-0.25, -0.2) is 0 Å². The van der Waals surface area contributed by atoms with E-state index < -0.39 is 0 Å². The standard InChI is InChI=1S/C18H31NO2/c1-6-18(5,11-12-20)19-15(4)16-7-9-17(10-8-16)21-13-14(2)3/h7-10,14-15,19-20H,6,11-13H2,1-5H3. The van der Waals surface area contributed by atoms with Crippen LogP contribution in [0.5, 0.6) is 5.75 Å². The molecule has 1 aromatic carbocycles. The Kier molecular flexibility index (Phi) is 7.20. The van der Waals surface area contributed by atoms with Crippen LogP contribution >= 0.6 is 0 Å². The van der Waals surface area contributed by atoms with E-state index in [1.807, 2.05) is 12.1 Å². The Hall–Kier alpha value is -1.06. The molecule has 1 rings (SSSR count). The summed E-state index contributed by atoms with van der Waals surface area (Å²) in [4.78, 5) is 0. The van der Waals surface area contributed by atoms with Gasteiger partial charge in [-0.1, -0.05) is 32.9 Å². The fraction of sp³-hybridized carbons (Fsp3) is 0.667. The van der Waals surface area contributed by atoms with E-state index in [2.05, 4.69) is 52.1 Å². The van der Waals surface area contributed by atoms with Gasteiger partial charge < -0.3 is 15.2 Å².